The maximum absolute atomic E-state index is 13.2. The Hall–Kier alpha value is -4.57. The van der Waals surface area contributed by atoms with Crippen molar-refractivity contribution in [3.63, 3.8) is 0 Å². The Kier molecular flexibility index (Phi) is 9.39. The van der Waals surface area contributed by atoms with Gasteiger partial charge in [-0.15, -0.1) is 0 Å². The van der Waals surface area contributed by atoms with Crippen LogP contribution in [0.3, 0.4) is 0 Å². The number of hydrogen-bond acceptors (Lipinski definition) is 7. The van der Waals surface area contributed by atoms with Gasteiger partial charge in [-0.3, -0.25) is 9.59 Å². The molecule has 5 rings (SSSR count). The number of benzene rings is 3. The summed E-state index contributed by atoms with van der Waals surface area (Å²) in [5, 5.41) is 5.91. The van der Waals surface area contributed by atoms with Gasteiger partial charge in [-0.2, -0.15) is 0 Å². The van der Waals surface area contributed by atoms with Crippen LogP contribution in [0.1, 0.15) is 53.5 Å². The Morgan fingerprint density at radius 1 is 0.864 bits per heavy atom. The molecule has 2 N–H and O–H groups in total. The van der Waals surface area contributed by atoms with Crippen LogP contribution >= 0.6 is 0 Å². The molecule has 3 aromatic carbocycles. The van der Waals surface area contributed by atoms with E-state index in [9.17, 15) is 14.4 Å². The minimum Gasteiger partial charge on any atom is -0.488 e. The van der Waals surface area contributed by atoms with E-state index in [1.54, 1.807) is 41.3 Å². The third-order valence-electron chi connectivity index (χ3n) is 7.42. The van der Waals surface area contributed by atoms with E-state index in [0.29, 0.717) is 61.0 Å². The molecule has 2 heterocycles. The van der Waals surface area contributed by atoms with Crippen LogP contribution in [0.5, 0.6) is 5.75 Å². The zero-order valence-corrected chi connectivity index (χ0v) is 25.7. The molecule has 1 atom stereocenters. The summed E-state index contributed by atoms with van der Waals surface area (Å²) in [6.45, 7) is 11.3. The lowest BCUT2D eigenvalue weighted by Gasteiger charge is -2.29. The van der Waals surface area contributed by atoms with Gasteiger partial charge < -0.3 is 34.6 Å². The highest BCUT2D eigenvalue weighted by molar-refractivity contribution is 6.08. The zero-order valence-electron chi connectivity index (χ0n) is 25.7. The molecule has 10 heteroatoms. The van der Waals surface area contributed by atoms with Crippen molar-refractivity contribution in [2.75, 3.05) is 54.9 Å². The predicted octanol–water partition coefficient (Wildman–Crippen LogP) is 5.72. The Labute approximate surface area is 258 Å². The standard InChI is InChI=1S/C34H40N4O6/c1-23-11-12-25(31(39)35-26-8-6-9-27(21-26)37-15-17-42-18-16-37)20-30(23)36-32(40)24-7-5-10-28(19-24)43-29-13-14-38(22-29)33(41)44-34(2,3)4/h5-12,19-21,29H,13-18,22H2,1-4H3,(H,35,39)(H,36,40). The van der Waals surface area contributed by atoms with E-state index in [-0.39, 0.29) is 24.0 Å². The predicted molar refractivity (Wildman–Crippen MR) is 170 cm³/mol. The van der Waals surface area contributed by atoms with Crippen LogP contribution in [0.25, 0.3) is 0 Å². The topological polar surface area (TPSA) is 109 Å². The van der Waals surface area contributed by atoms with Crippen molar-refractivity contribution in [2.24, 2.45) is 0 Å². The first-order chi connectivity index (χ1) is 21.0. The second-order valence-electron chi connectivity index (χ2n) is 12.1. The number of carbonyl (C=O) groups is 3. The fourth-order valence-electron chi connectivity index (χ4n) is 5.12. The molecule has 3 amide bonds. The second kappa shape index (κ2) is 13.4. The van der Waals surface area contributed by atoms with E-state index in [2.05, 4.69) is 15.5 Å². The van der Waals surface area contributed by atoms with E-state index in [1.165, 1.54) is 0 Å². The number of ether oxygens (including phenoxy) is 3. The number of nitrogens with one attached hydrogen (secondary N) is 2. The van der Waals surface area contributed by atoms with Crippen LogP contribution < -0.4 is 20.3 Å². The molecule has 232 valence electrons. The molecule has 2 saturated heterocycles. The molecule has 0 aliphatic carbocycles. The monoisotopic (exact) mass is 600 g/mol. The fourth-order valence-corrected chi connectivity index (χ4v) is 5.12. The highest BCUT2D eigenvalue weighted by atomic mass is 16.6. The molecular formula is C34H40N4O6. The third-order valence-corrected chi connectivity index (χ3v) is 7.42. The quantitative estimate of drug-likeness (QED) is 0.357. The molecule has 0 aromatic heterocycles. The number of carbonyl (C=O) groups excluding carboxylic acids is 3. The van der Waals surface area contributed by atoms with Crippen LogP contribution in [0.15, 0.2) is 66.7 Å². The molecule has 10 nitrogen and oxygen atoms in total. The van der Waals surface area contributed by atoms with Crippen LogP contribution in [0, 0.1) is 6.92 Å². The summed E-state index contributed by atoms with van der Waals surface area (Å²) in [7, 11) is 0. The lowest BCUT2D eigenvalue weighted by atomic mass is 10.1. The first-order valence-electron chi connectivity index (χ1n) is 14.9. The normalized spacial score (nSPS) is 16.8. The van der Waals surface area contributed by atoms with Crippen LogP contribution in [0.4, 0.5) is 21.9 Å². The SMILES string of the molecule is Cc1ccc(C(=O)Nc2cccc(N3CCOCC3)c2)cc1NC(=O)c1cccc(OC2CCN(C(=O)OC(C)(C)C)C2)c1. The van der Waals surface area contributed by atoms with E-state index < -0.39 is 5.60 Å². The lowest BCUT2D eigenvalue weighted by molar-refractivity contribution is 0.0275. The van der Waals surface area contributed by atoms with Crippen molar-refractivity contribution in [1.29, 1.82) is 0 Å². The summed E-state index contributed by atoms with van der Waals surface area (Å²) < 4.78 is 17.0. The number of likely N-dealkylation sites (tertiary alicyclic amines) is 1. The molecular weight excluding hydrogens is 560 g/mol. The highest BCUT2D eigenvalue weighted by Crippen LogP contribution is 2.25. The van der Waals surface area contributed by atoms with Crippen molar-refractivity contribution in [2.45, 2.75) is 45.8 Å². The maximum atomic E-state index is 13.2. The van der Waals surface area contributed by atoms with Crippen molar-refractivity contribution < 1.29 is 28.6 Å². The number of morpholine rings is 1. The summed E-state index contributed by atoms with van der Waals surface area (Å²) in [6.07, 6.45) is 0.110. The number of hydrogen-bond donors (Lipinski definition) is 2. The van der Waals surface area contributed by atoms with Crippen LogP contribution in [-0.2, 0) is 9.47 Å². The lowest BCUT2D eigenvalue weighted by Crippen LogP contribution is -2.36. The maximum Gasteiger partial charge on any atom is 0.410 e. The third kappa shape index (κ3) is 8.08. The van der Waals surface area contributed by atoms with Crippen molar-refractivity contribution in [3.8, 4) is 5.75 Å². The van der Waals surface area contributed by atoms with Crippen molar-refractivity contribution >= 4 is 35.0 Å². The molecule has 44 heavy (non-hydrogen) atoms. The second-order valence-corrected chi connectivity index (χ2v) is 12.1. The molecule has 0 radical (unpaired) electrons. The average molecular weight is 601 g/mol. The van der Waals surface area contributed by atoms with Gasteiger partial charge in [0.25, 0.3) is 11.8 Å². The van der Waals surface area contributed by atoms with E-state index in [1.807, 2.05) is 58.0 Å². The summed E-state index contributed by atoms with van der Waals surface area (Å²) in [4.78, 5) is 42.7. The zero-order chi connectivity index (χ0) is 31.3. The van der Waals surface area contributed by atoms with Gasteiger partial charge in [0.2, 0.25) is 0 Å². The minimum atomic E-state index is -0.561. The van der Waals surface area contributed by atoms with Gasteiger partial charge in [-0.25, -0.2) is 4.79 Å². The van der Waals surface area contributed by atoms with Crippen molar-refractivity contribution in [3.05, 3.63) is 83.4 Å². The van der Waals surface area contributed by atoms with E-state index >= 15 is 0 Å². The highest BCUT2D eigenvalue weighted by Gasteiger charge is 2.31. The summed E-state index contributed by atoms with van der Waals surface area (Å²) in [5.74, 6) is -0.0546. The molecule has 0 bridgehead atoms. The van der Waals surface area contributed by atoms with Gasteiger partial charge in [-0.1, -0.05) is 18.2 Å². The molecule has 0 spiro atoms. The fraction of sp³-hybridized carbons (Fsp3) is 0.382. The molecule has 2 fully saturated rings. The van der Waals surface area contributed by atoms with E-state index in [0.717, 1.165) is 24.3 Å². The minimum absolute atomic E-state index is 0.201. The van der Waals surface area contributed by atoms with Gasteiger partial charge in [0.15, 0.2) is 0 Å². The Balaban J connectivity index is 1.20. The molecule has 0 saturated carbocycles. The Bertz CT molecular complexity index is 1510. The van der Waals surface area contributed by atoms with Crippen LogP contribution in [-0.4, -0.2) is 73.9 Å². The number of nitrogens with zero attached hydrogens (tertiary/aromatic N) is 2. The number of amides is 3. The summed E-state index contributed by atoms with van der Waals surface area (Å²) in [6, 6.07) is 19.9. The first-order valence-corrected chi connectivity index (χ1v) is 14.9. The number of aryl methyl sites for hydroxylation is 1. The Morgan fingerprint density at radius 2 is 1.59 bits per heavy atom. The number of anilines is 3. The van der Waals surface area contributed by atoms with Gasteiger partial charge in [0.1, 0.15) is 17.5 Å². The molecule has 2 aliphatic rings. The van der Waals surface area contributed by atoms with Gasteiger partial charge >= 0.3 is 6.09 Å². The number of rotatable bonds is 7. The molecule has 1 unspecified atom stereocenters. The average Bonchev–Trinajstić information content (AvgIpc) is 3.47. The van der Waals surface area contributed by atoms with Crippen LogP contribution in [0.2, 0.25) is 0 Å². The van der Waals surface area contributed by atoms with Gasteiger partial charge in [0.05, 0.1) is 19.8 Å². The van der Waals surface area contributed by atoms with Gasteiger partial charge in [0, 0.05) is 54.2 Å². The Morgan fingerprint density at radius 3 is 2.36 bits per heavy atom. The van der Waals surface area contributed by atoms with Crippen molar-refractivity contribution in [1.82, 2.24) is 4.90 Å². The largest absolute Gasteiger partial charge is 0.488 e. The smallest absolute Gasteiger partial charge is 0.410 e. The summed E-state index contributed by atoms with van der Waals surface area (Å²) in [5.41, 5.74) is 3.37. The van der Waals surface area contributed by atoms with Gasteiger partial charge in [-0.05, 0) is 81.8 Å². The molecule has 2 aliphatic heterocycles. The van der Waals surface area contributed by atoms with E-state index in [4.69, 9.17) is 14.2 Å². The summed E-state index contributed by atoms with van der Waals surface area (Å²) >= 11 is 0. The first kappa shape index (κ1) is 30.9. The molecule has 3 aromatic rings.